The van der Waals surface area contributed by atoms with Gasteiger partial charge in [0.15, 0.2) is 0 Å². The molecule has 1 rings (SSSR count). The Hall–Kier alpha value is -0.250. The van der Waals surface area contributed by atoms with Crippen molar-refractivity contribution < 1.29 is 0 Å². The molecule has 2 N–H and O–H groups in total. The molecule has 0 unspecified atom stereocenters. The van der Waals surface area contributed by atoms with E-state index in [1.165, 1.54) is 0 Å². The maximum atomic E-state index is 5.88. The fraction of sp³-hybridized carbons (Fsp3) is 0.375. The van der Waals surface area contributed by atoms with Gasteiger partial charge in [0.1, 0.15) is 5.03 Å². The minimum Gasteiger partial charge on any atom is -0.327 e. The number of nitrogens with zero attached hydrogens (tertiary/aromatic N) is 1. The summed E-state index contributed by atoms with van der Waals surface area (Å²) in [6, 6.07) is 3.82. The Kier molecular flexibility index (Phi) is 3.85. The molecule has 2 nitrogen and oxygen atoms in total. The molecule has 0 saturated heterocycles. The van der Waals surface area contributed by atoms with E-state index in [2.05, 4.69) is 4.98 Å². The summed E-state index contributed by atoms with van der Waals surface area (Å²) in [6.45, 7) is 1.96. The quantitative estimate of drug-likeness (QED) is 0.764. The average Bonchev–Trinajstić information content (AvgIpc) is 2.03. The highest BCUT2D eigenvalue weighted by atomic mass is 35.5. The van der Waals surface area contributed by atoms with E-state index >= 15 is 0 Å². The topological polar surface area (TPSA) is 38.9 Å². The summed E-state index contributed by atoms with van der Waals surface area (Å²) in [7, 11) is 0. The van der Waals surface area contributed by atoms with Gasteiger partial charge in [0.05, 0.1) is 5.02 Å². The molecule has 0 aliphatic carbocycles. The van der Waals surface area contributed by atoms with Crippen LogP contribution < -0.4 is 5.73 Å². The number of thioether (sulfide) groups is 1. The number of hydrogen-bond donors (Lipinski definition) is 1. The van der Waals surface area contributed by atoms with Gasteiger partial charge in [-0.05, 0) is 19.1 Å². The third-order valence-electron chi connectivity index (χ3n) is 1.21. The SMILES string of the molecule is C[C@@H](N)CSc1ncccc1Cl. The Morgan fingerprint density at radius 2 is 2.50 bits per heavy atom. The largest absolute Gasteiger partial charge is 0.327 e. The fourth-order valence-electron chi connectivity index (χ4n) is 0.688. The Labute approximate surface area is 81.5 Å². The Balaban J connectivity index is 2.57. The lowest BCUT2D eigenvalue weighted by molar-refractivity contribution is 0.846. The molecule has 1 aromatic heterocycles. The first kappa shape index (κ1) is 9.84. The van der Waals surface area contributed by atoms with Crippen LogP contribution in [0.2, 0.25) is 5.02 Å². The third-order valence-corrected chi connectivity index (χ3v) is 2.92. The van der Waals surface area contributed by atoms with E-state index in [0.29, 0.717) is 5.02 Å². The molecule has 0 aliphatic heterocycles. The van der Waals surface area contributed by atoms with E-state index in [9.17, 15) is 0 Å². The lowest BCUT2D eigenvalue weighted by Gasteiger charge is -2.04. The van der Waals surface area contributed by atoms with E-state index in [1.54, 1.807) is 18.0 Å². The normalized spacial score (nSPS) is 12.9. The second-order valence-corrected chi connectivity index (χ2v) is 3.99. The number of hydrogen-bond acceptors (Lipinski definition) is 3. The van der Waals surface area contributed by atoms with Gasteiger partial charge >= 0.3 is 0 Å². The van der Waals surface area contributed by atoms with Crippen molar-refractivity contribution in [1.82, 2.24) is 4.98 Å². The van der Waals surface area contributed by atoms with Crippen molar-refractivity contribution in [2.45, 2.75) is 18.0 Å². The van der Waals surface area contributed by atoms with Crippen molar-refractivity contribution in [2.24, 2.45) is 5.73 Å². The summed E-state index contributed by atoms with van der Waals surface area (Å²) in [6.07, 6.45) is 1.73. The predicted molar refractivity (Wildman–Crippen MR) is 53.6 cm³/mol. The molecule has 1 aromatic rings. The van der Waals surface area contributed by atoms with Gasteiger partial charge in [-0.3, -0.25) is 0 Å². The monoisotopic (exact) mass is 202 g/mol. The van der Waals surface area contributed by atoms with E-state index in [-0.39, 0.29) is 6.04 Å². The zero-order chi connectivity index (χ0) is 8.97. The van der Waals surface area contributed by atoms with E-state index in [1.807, 2.05) is 19.1 Å². The van der Waals surface area contributed by atoms with Crippen LogP contribution in [0, 0.1) is 0 Å². The Bertz CT molecular complexity index is 253. The van der Waals surface area contributed by atoms with Gasteiger partial charge in [0, 0.05) is 18.0 Å². The van der Waals surface area contributed by atoms with Gasteiger partial charge < -0.3 is 5.73 Å². The maximum absolute atomic E-state index is 5.88. The second kappa shape index (κ2) is 4.70. The number of aromatic nitrogens is 1. The van der Waals surface area contributed by atoms with Gasteiger partial charge in [-0.2, -0.15) is 0 Å². The summed E-state index contributed by atoms with van der Waals surface area (Å²) >= 11 is 7.47. The van der Waals surface area contributed by atoms with Crippen LogP contribution in [-0.2, 0) is 0 Å². The van der Waals surface area contributed by atoms with Crippen LogP contribution in [0.25, 0.3) is 0 Å². The van der Waals surface area contributed by atoms with Crippen LogP contribution in [0.4, 0.5) is 0 Å². The van der Waals surface area contributed by atoms with E-state index < -0.39 is 0 Å². The zero-order valence-corrected chi connectivity index (χ0v) is 8.40. The Morgan fingerprint density at radius 1 is 1.75 bits per heavy atom. The van der Waals surface area contributed by atoms with Crippen LogP contribution in [0.15, 0.2) is 23.4 Å². The molecule has 0 fully saturated rings. The van der Waals surface area contributed by atoms with Gasteiger partial charge in [0.25, 0.3) is 0 Å². The van der Waals surface area contributed by atoms with Crippen molar-refractivity contribution >= 4 is 23.4 Å². The first-order valence-electron chi connectivity index (χ1n) is 3.69. The van der Waals surface area contributed by atoms with E-state index in [4.69, 9.17) is 17.3 Å². The smallest absolute Gasteiger partial charge is 0.115 e. The molecule has 0 saturated carbocycles. The molecule has 4 heteroatoms. The predicted octanol–water partition coefficient (Wildman–Crippen LogP) is 2.17. The van der Waals surface area contributed by atoms with Gasteiger partial charge in [-0.25, -0.2) is 4.98 Å². The molecule has 1 atom stereocenters. The number of rotatable bonds is 3. The number of nitrogens with two attached hydrogens (primary N) is 1. The van der Waals surface area contributed by atoms with Crippen LogP contribution in [0.5, 0.6) is 0 Å². The lowest BCUT2D eigenvalue weighted by Crippen LogP contribution is -2.17. The molecule has 12 heavy (non-hydrogen) atoms. The van der Waals surface area contributed by atoms with Crippen LogP contribution in [0.1, 0.15) is 6.92 Å². The zero-order valence-electron chi connectivity index (χ0n) is 6.83. The van der Waals surface area contributed by atoms with E-state index in [0.717, 1.165) is 10.8 Å². The molecule has 0 aliphatic rings. The van der Waals surface area contributed by atoms with Gasteiger partial charge in [-0.15, -0.1) is 11.8 Å². The highest BCUT2D eigenvalue weighted by Crippen LogP contribution is 2.23. The molecule has 0 radical (unpaired) electrons. The highest BCUT2D eigenvalue weighted by molar-refractivity contribution is 7.99. The standard InChI is InChI=1S/C8H11ClN2S/c1-6(10)5-12-8-7(9)3-2-4-11-8/h2-4,6H,5,10H2,1H3/t6-/m1/s1. The first-order chi connectivity index (χ1) is 5.70. The molecule has 0 spiro atoms. The fourth-order valence-corrected chi connectivity index (χ4v) is 1.74. The summed E-state index contributed by atoms with van der Waals surface area (Å²) in [5.74, 6) is 0.844. The van der Waals surface area contributed by atoms with Crippen LogP contribution in [-0.4, -0.2) is 16.8 Å². The van der Waals surface area contributed by atoms with Crippen molar-refractivity contribution in [2.75, 3.05) is 5.75 Å². The summed E-state index contributed by atoms with van der Waals surface area (Å²) in [5.41, 5.74) is 5.60. The van der Waals surface area contributed by atoms with Gasteiger partial charge in [-0.1, -0.05) is 11.6 Å². The van der Waals surface area contributed by atoms with Crippen molar-refractivity contribution in [3.05, 3.63) is 23.4 Å². The molecule has 66 valence electrons. The van der Waals surface area contributed by atoms with Crippen LogP contribution in [0.3, 0.4) is 0 Å². The summed E-state index contributed by atoms with van der Waals surface area (Å²) in [4.78, 5) is 4.13. The van der Waals surface area contributed by atoms with Gasteiger partial charge in [0.2, 0.25) is 0 Å². The van der Waals surface area contributed by atoms with Crippen molar-refractivity contribution in [3.8, 4) is 0 Å². The minimum atomic E-state index is 0.174. The number of pyridine rings is 1. The number of halogens is 1. The Morgan fingerprint density at radius 3 is 3.08 bits per heavy atom. The third kappa shape index (κ3) is 3.01. The summed E-state index contributed by atoms with van der Waals surface area (Å²) in [5, 5.41) is 1.56. The lowest BCUT2D eigenvalue weighted by atomic mass is 10.4. The first-order valence-corrected chi connectivity index (χ1v) is 5.05. The van der Waals surface area contributed by atoms with Crippen LogP contribution >= 0.6 is 23.4 Å². The minimum absolute atomic E-state index is 0.174. The molecular formula is C8H11ClN2S. The molecule has 0 amide bonds. The molecular weight excluding hydrogens is 192 g/mol. The maximum Gasteiger partial charge on any atom is 0.115 e. The highest BCUT2D eigenvalue weighted by Gasteiger charge is 2.02. The summed E-state index contributed by atoms with van der Waals surface area (Å²) < 4.78 is 0. The average molecular weight is 203 g/mol. The van der Waals surface area contributed by atoms with Crippen molar-refractivity contribution in [1.29, 1.82) is 0 Å². The molecule has 0 bridgehead atoms. The van der Waals surface area contributed by atoms with Crippen molar-refractivity contribution in [3.63, 3.8) is 0 Å². The molecule has 0 aromatic carbocycles. The molecule has 1 heterocycles. The second-order valence-electron chi connectivity index (χ2n) is 2.58.